The number of unbranched alkanes of at least 4 members (excludes halogenated alkanes) is 1. The molecule has 1 saturated carbocycles. The molecule has 86 valence electrons. The molecule has 0 saturated heterocycles. The Hall–Kier alpha value is -1.06. The predicted molar refractivity (Wildman–Crippen MR) is 56.1 cm³/mol. The maximum Gasteiger partial charge on any atom is 0.325 e. The largest absolute Gasteiger partial charge is 0.464 e. The summed E-state index contributed by atoms with van der Waals surface area (Å²) in [5, 5.41) is 2.59. The zero-order valence-corrected chi connectivity index (χ0v) is 9.41. The van der Waals surface area contributed by atoms with E-state index in [2.05, 4.69) is 5.32 Å². The van der Waals surface area contributed by atoms with Gasteiger partial charge in [0.05, 0.1) is 6.61 Å². The third-order valence-corrected chi connectivity index (χ3v) is 2.61. The Bertz CT molecular complexity index is 240. The first kappa shape index (κ1) is 12.0. The summed E-state index contributed by atoms with van der Waals surface area (Å²) in [5.41, 5.74) is 0. The second-order valence-electron chi connectivity index (χ2n) is 4.11. The fourth-order valence-electron chi connectivity index (χ4n) is 1.36. The monoisotopic (exact) mass is 213 g/mol. The van der Waals surface area contributed by atoms with Gasteiger partial charge in [-0.2, -0.15) is 0 Å². The molecule has 0 radical (unpaired) electrons. The molecule has 0 unspecified atom stereocenters. The molecule has 15 heavy (non-hydrogen) atoms. The van der Waals surface area contributed by atoms with Gasteiger partial charge in [0, 0.05) is 5.92 Å². The van der Waals surface area contributed by atoms with E-state index in [-0.39, 0.29) is 24.3 Å². The lowest BCUT2D eigenvalue weighted by molar-refractivity contribution is -0.144. The van der Waals surface area contributed by atoms with Crippen molar-refractivity contribution < 1.29 is 14.3 Å². The lowest BCUT2D eigenvalue weighted by atomic mass is 10.3. The first-order valence-corrected chi connectivity index (χ1v) is 5.58. The first-order chi connectivity index (χ1) is 7.15. The van der Waals surface area contributed by atoms with E-state index in [1.807, 2.05) is 13.8 Å². The fourth-order valence-corrected chi connectivity index (χ4v) is 1.36. The van der Waals surface area contributed by atoms with Gasteiger partial charge >= 0.3 is 5.97 Å². The molecule has 1 amide bonds. The Morgan fingerprint density at radius 1 is 1.47 bits per heavy atom. The van der Waals surface area contributed by atoms with Crippen molar-refractivity contribution in [3.8, 4) is 0 Å². The number of carbonyl (C=O) groups is 2. The highest BCUT2D eigenvalue weighted by molar-refractivity contribution is 5.85. The van der Waals surface area contributed by atoms with Crippen LogP contribution in [0.15, 0.2) is 0 Å². The van der Waals surface area contributed by atoms with Gasteiger partial charge in [-0.05, 0) is 18.8 Å². The third-order valence-electron chi connectivity index (χ3n) is 2.61. The molecule has 0 aromatic rings. The van der Waals surface area contributed by atoms with Gasteiger partial charge in [0.2, 0.25) is 5.91 Å². The summed E-state index contributed by atoms with van der Waals surface area (Å²) in [6.07, 6.45) is 2.81. The molecule has 1 aliphatic rings. The van der Waals surface area contributed by atoms with Crippen molar-refractivity contribution in [3.63, 3.8) is 0 Å². The normalized spacial score (nSPS) is 23.3. The average molecular weight is 213 g/mol. The van der Waals surface area contributed by atoms with Gasteiger partial charge < -0.3 is 10.1 Å². The molecule has 2 atom stereocenters. The van der Waals surface area contributed by atoms with Gasteiger partial charge in [-0.25, -0.2) is 0 Å². The second-order valence-corrected chi connectivity index (χ2v) is 4.11. The van der Waals surface area contributed by atoms with E-state index in [1.165, 1.54) is 0 Å². The standard InChI is InChI=1S/C11H19NO3/c1-3-4-5-15-10(13)7-12-11(14)9-6-8(9)2/h8-9H,3-7H2,1-2H3,(H,12,14)/t8-,9-/m0/s1. The van der Waals surface area contributed by atoms with Crippen molar-refractivity contribution in [1.82, 2.24) is 5.32 Å². The second kappa shape index (κ2) is 5.73. The van der Waals surface area contributed by atoms with Crippen LogP contribution in [0.4, 0.5) is 0 Å². The number of rotatable bonds is 6. The summed E-state index contributed by atoms with van der Waals surface area (Å²) in [5.74, 6) is 0.231. The Labute approximate surface area is 90.4 Å². The van der Waals surface area contributed by atoms with Gasteiger partial charge in [-0.15, -0.1) is 0 Å². The minimum absolute atomic E-state index is 0.00572. The summed E-state index contributed by atoms with van der Waals surface area (Å²) < 4.78 is 4.91. The maximum atomic E-state index is 11.3. The topological polar surface area (TPSA) is 55.4 Å². The Morgan fingerprint density at radius 2 is 2.13 bits per heavy atom. The molecule has 1 fully saturated rings. The first-order valence-electron chi connectivity index (χ1n) is 5.58. The van der Waals surface area contributed by atoms with Crippen LogP contribution in [0, 0.1) is 11.8 Å². The molecule has 4 heteroatoms. The molecule has 1 aliphatic carbocycles. The Balaban J connectivity index is 2.03. The fraction of sp³-hybridized carbons (Fsp3) is 0.818. The minimum Gasteiger partial charge on any atom is -0.464 e. The lowest BCUT2D eigenvalue weighted by Crippen LogP contribution is -2.32. The molecule has 0 aromatic carbocycles. The van der Waals surface area contributed by atoms with Crippen molar-refractivity contribution in [2.45, 2.75) is 33.1 Å². The van der Waals surface area contributed by atoms with E-state index in [1.54, 1.807) is 0 Å². The van der Waals surface area contributed by atoms with Crippen LogP contribution in [0.3, 0.4) is 0 Å². The van der Waals surface area contributed by atoms with Crippen LogP contribution in [0.5, 0.6) is 0 Å². The SMILES string of the molecule is CCCCOC(=O)CNC(=O)[C@H]1C[C@@H]1C. The average Bonchev–Trinajstić information content (AvgIpc) is 2.92. The maximum absolute atomic E-state index is 11.3. The highest BCUT2D eigenvalue weighted by atomic mass is 16.5. The van der Waals surface area contributed by atoms with E-state index >= 15 is 0 Å². The van der Waals surface area contributed by atoms with Crippen LogP contribution in [0.2, 0.25) is 0 Å². The molecule has 4 nitrogen and oxygen atoms in total. The number of carbonyl (C=O) groups excluding carboxylic acids is 2. The zero-order valence-electron chi connectivity index (χ0n) is 9.41. The van der Waals surface area contributed by atoms with Crippen LogP contribution in [-0.4, -0.2) is 25.0 Å². The molecule has 0 bridgehead atoms. The van der Waals surface area contributed by atoms with Crippen LogP contribution in [0.25, 0.3) is 0 Å². The van der Waals surface area contributed by atoms with Crippen molar-refractivity contribution in [2.24, 2.45) is 11.8 Å². The Morgan fingerprint density at radius 3 is 2.67 bits per heavy atom. The van der Waals surface area contributed by atoms with Gasteiger partial charge in [-0.3, -0.25) is 9.59 Å². The summed E-state index contributed by atoms with van der Waals surface area (Å²) >= 11 is 0. The van der Waals surface area contributed by atoms with Crippen LogP contribution in [0.1, 0.15) is 33.1 Å². The molecule has 1 rings (SSSR count). The van der Waals surface area contributed by atoms with E-state index in [9.17, 15) is 9.59 Å². The molecule has 0 aromatic heterocycles. The number of ether oxygens (including phenoxy) is 1. The smallest absolute Gasteiger partial charge is 0.325 e. The quantitative estimate of drug-likeness (QED) is 0.531. The zero-order chi connectivity index (χ0) is 11.3. The molecule has 0 heterocycles. The highest BCUT2D eigenvalue weighted by Crippen LogP contribution is 2.37. The predicted octanol–water partition coefficient (Wildman–Crippen LogP) is 1.10. The van der Waals surface area contributed by atoms with Crippen molar-refractivity contribution in [1.29, 1.82) is 0 Å². The number of hydrogen-bond acceptors (Lipinski definition) is 3. The number of amides is 1. The molecule has 0 spiro atoms. The van der Waals surface area contributed by atoms with Crippen LogP contribution >= 0.6 is 0 Å². The van der Waals surface area contributed by atoms with Gasteiger partial charge in [0.1, 0.15) is 6.54 Å². The van der Waals surface area contributed by atoms with Crippen LogP contribution < -0.4 is 5.32 Å². The lowest BCUT2D eigenvalue weighted by Gasteiger charge is -2.05. The summed E-state index contributed by atoms with van der Waals surface area (Å²) in [4.78, 5) is 22.4. The van der Waals surface area contributed by atoms with Crippen molar-refractivity contribution in [3.05, 3.63) is 0 Å². The van der Waals surface area contributed by atoms with Gasteiger partial charge in [-0.1, -0.05) is 20.3 Å². The summed E-state index contributed by atoms with van der Waals surface area (Å²) in [6.45, 7) is 4.52. The third kappa shape index (κ3) is 4.32. The highest BCUT2D eigenvalue weighted by Gasteiger charge is 2.38. The molecular formula is C11H19NO3. The molecule has 1 N–H and O–H groups in total. The molecule has 0 aliphatic heterocycles. The van der Waals surface area contributed by atoms with Crippen molar-refractivity contribution in [2.75, 3.05) is 13.2 Å². The summed E-state index contributed by atoms with van der Waals surface area (Å²) in [7, 11) is 0. The van der Waals surface area contributed by atoms with Gasteiger partial charge in [0.25, 0.3) is 0 Å². The number of nitrogens with one attached hydrogen (secondary N) is 1. The Kier molecular flexibility index (Phi) is 4.59. The van der Waals surface area contributed by atoms with E-state index < -0.39 is 0 Å². The van der Waals surface area contributed by atoms with E-state index in [0.29, 0.717) is 12.5 Å². The number of esters is 1. The minimum atomic E-state index is -0.342. The van der Waals surface area contributed by atoms with Crippen LogP contribution in [-0.2, 0) is 14.3 Å². The number of hydrogen-bond donors (Lipinski definition) is 1. The van der Waals surface area contributed by atoms with E-state index in [4.69, 9.17) is 4.74 Å². The van der Waals surface area contributed by atoms with Gasteiger partial charge in [0.15, 0.2) is 0 Å². The summed E-state index contributed by atoms with van der Waals surface area (Å²) in [6, 6.07) is 0. The molecular weight excluding hydrogens is 194 g/mol. The van der Waals surface area contributed by atoms with Crippen molar-refractivity contribution >= 4 is 11.9 Å². The van der Waals surface area contributed by atoms with E-state index in [0.717, 1.165) is 19.3 Å².